The molecule has 0 bridgehead atoms. The number of rotatable bonds is 7. The molecule has 4 nitrogen and oxygen atoms in total. The molecule has 0 unspecified atom stereocenters. The van der Waals surface area contributed by atoms with Gasteiger partial charge >= 0.3 is 5.97 Å². The van der Waals surface area contributed by atoms with Gasteiger partial charge in [-0.2, -0.15) is 0 Å². The normalized spacial score (nSPS) is 11.7. The molecule has 0 radical (unpaired) electrons. The van der Waals surface area contributed by atoms with Gasteiger partial charge in [-0.15, -0.1) is 0 Å². The topological polar surface area (TPSA) is 55.4 Å². The largest absolute Gasteiger partial charge is 0.452 e. The van der Waals surface area contributed by atoms with Crippen LogP contribution in [0.4, 0.5) is 4.39 Å². The summed E-state index contributed by atoms with van der Waals surface area (Å²) in [5.74, 6) is -1.07. The number of aryl methyl sites for hydroxylation is 2. The lowest BCUT2D eigenvalue weighted by Crippen LogP contribution is -2.37. The van der Waals surface area contributed by atoms with Gasteiger partial charge in [-0.1, -0.05) is 30.3 Å². The minimum Gasteiger partial charge on any atom is -0.452 e. The molecule has 0 aliphatic heterocycles. The maximum absolute atomic E-state index is 12.8. The number of hydrogen-bond donors (Lipinski definition) is 1. The van der Waals surface area contributed by atoms with Crippen LogP contribution in [0.3, 0.4) is 0 Å². The Morgan fingerprint density at radius 3 is 2.35 bits per heavy atom. The summed E-state index contributed by atoms with van der Waals surface area (Å²) in [6, 6.07) is 11.9. The van der Waals surface area contributed by atoms with Crippen LogP contribution in [0.15, 0.2) is 42.5 Å². The molecule has 0 aliphatic rings. The average Bonchev–Trinajstić information content (AvgIpc) is 2.59. The fourth-order valence-electron chi connectivity index (χ4n) is 2.50. The summed E-state index contributed by atoms with van der Waals surface area (Å²) < 4.78 is 18.0. The van der Waals surface area contributed by atoms with Gasteiger partial charge in [0, 0.05) is 6.54 Å². The van der Waals surface area contributed by atoms with Crippen LogP contribution in [0.2, 0.25) is 0 Å². The molecule has 0 fully saturated rings. The van der Waals surface area contributed by atoms with Crippen LogP contribution >= 0.6 is 0 Å². The Morgan fingerprint density at radius 1 is 1.04 bits per heavy atom. The molecule has 2 aromatic carbocycles. The summed E-state index contributed by atoms with van der Waals surface area (Å²) in [7, 11) is 0. The van der Waals surface area contributed by atoms with Crippen LogP contribution in [0.1, 0.15) is 29.2 Å². The van der Waals surface area contributed by atoms with Crippen molar-refractivity contribution in [3.63, 3.8) is 0 Å². The van der Waals surface area contributed by atoms with Crippen molar-refractivity contribution in [3.8, 4) is 0 Å². The van der Waals surface area contributed by atoms with Crippen molar-refractivity contribution in [1.29, 1.82) is 0 Å². The fraction of sp³-hybridized carbons (Fsp3) is 0.333. The summed E-state index contributed by atoms with van der Waals surface area (Å²) >= 11 is 0. The van der Waals surface area contributed by atoms with Gasteiger partial charge in [0.25, 0.3) is 5.91 Å². The van der Waals surface area contributed by atoms with E-state index in [-0.39, 0.29) is 18.1 Å². The highest BCUT2D eigenvalue weighted by Gasteiger charge is 2.17. The van der Waals surface area contributed by atoms with Crippen LogP contribution in [0.5, 0.6) is 0 Å². The van der Waals surface area contributed by atoms with E-state index in [9.17, 15) is 14.0 Å². The number of halogens is 1. The monoisotopic (exact) mass is 357 g/mol. The summed E-state index contributed by atoms with van der Waals surface area (Å²) in [6.45, 7) is 5.94. The Balaban J connectivity index is 1.75. The Morgan fingerprint density at radius 2 is 1.69 bits per heavy atom. The maximum atomic E-state index is 12.8. The highest BCUT2D eigenvalue weighted by molar-refractivity contribution is 5.83. The van der Waals surface area contributed by atoms with Crippen LogP contribution in [0, 0.1) is 19.7 Å². The van der Waals surface area contributed by atoms with Gasteiger partial charge in [0.1, 0.15) is 5.82 Å². The van der Waals surface area contributed by atoms with Crippen molar-refractivity contribution in [2.75, 3.05) is 6.54 Å². The van der Waals surface area contributed by atoms with Crippen LogP contribution in [-0.2, 0) is 27.2 Å². The zero-order valence-electron chi connectivity index (χ0n) is 15.3. The summed E-state index contributed by atoms with van der Waals surface area (Å²) in [5, 5.41) is 2.72. The Kier molecular flexibility index (Phi) is 6.89. The second kappa shape index (κ2) is 9.13. The molecule has 5 heteroatoms. The number of esters is 1. The lowest BCUT2D eigenvalue weighted by molar-refractivity contribution is -0.154. The molecule has 0 saturated carbocycles. The van der Waals surface area contributed by atoms with E-state index in [0.717, 1.165) is 22.3 Å². The third-order valence-electron chi connectivity index (χ3n) is 4.22. The molecule has 2 aromatic rings. The number of amides is 1. The van der Waals surface area contributed by atoms with Gasteiger partial charge in [-0.05, 0) is 61.6 Å². The van der Waals surface area contributed by atoms with Crippen molar-refractivity contribution in [3.05, 3.63) is 70.5 Å². The van der Waals surface area contributed by atoms with Gasteiger partial charge in [-0.3, -0.25) is 9.59 Å². The number of hydrogen-bond acceptors (Lipinski definition) is 3. The molecule has 26 heavy (non-hydrogen) atoms. The zero-order chi connectivity index (χ0) is 19.1. The first-order chi connectivity index (χ1) is 12.3. The quantitative estimate of drug-likeness (QED) is 0.774. The molecule has 0 aromatic heterocycles. The van der Waals surface area contributed by atoms with Crippen LogP contribution in [0.25, 0.3) is 0 Å². The first-order valence-electron chi connectivity index (χ1n) is 8.63. The predicted molar refractivity (Wildman–Crippen MR) is 98.3 cm³/mol. The molecule has 138 valence electrons. The fourth-order valence-corrected chi connectivity index (χ4v) is 2.50. The van der Waals surface area contributed by atoms with Crippen molar-refractivity contribution in [2.45, 2.75) is 39.7 Å². The summed E-state index contributed by atoms with van der Waals surface area (Å²) in [4.78, 5) is 24.0. The molecular formula is C21H24FNO3. The van der Waals surface area contributed by atoms with E-state index in [1.54, 1.807) is 19.1 Å². The minimum atomic E-state index is -0.859. The molecule has 2 rings (SSSR count). The SMILES string of the molecule is Cc1ccc(CC(=O)O[C@H](C)C(=O)NCCc2ccc(F)cc2)cc1C. The number of carbonyl (C=O) groups excluding carboxylic acids is 2. The number of carbonyl (C=O) groups is 2. The van der Waals surface area contributed by atoms with E-state index in [4.69, 9.17) is 4.74 Å². The molecule has 0 aliphatic carbocycles. The molecule has 1 N–H and O–H groups in total. The van der Waals surface area contributed by atoms with E-state index in [1.807, 2.05) is 32.0 Å². The van der Waals surface area contributed by atoms with Crippen LogP contribution < -0.4 is 5.32 Å². The van der Waals surface area contributed by atoms with Gasteiger partial charge in [0.2, 0.25) is 0 Å². The molecule has 1 amide bonds. The molecule has 0 heterocycles. The highest BCUT2D eigenvalue weighted by Crippen LogP contribution is 2.11. The number of ether oxygens (including phenoxy) is 1. The zero-order valence-corrected chi connectivity index (χ0v) is 15.3. The van der Waals surface area contributed by atoms with Gasteiger partial charge in [0.15, 0.2) is 6.10 Å². The van der Waals surface area contributed by atoms with Crippen molar-refractivity contribution in [2.24, 2.45) is 0 Å². The van der Waals surface area contributed by atoms with Gasteiger partial charge in [0.05, 0.1) is 6.42 Å². The first kappa shape index (κ1) is 19.6. The third kappa shape index (κ3) is 5.99. The summed E-state index contributed by atoms with van der Waals surface area (Å²) in [6.07, 6.45) is -0.147. The number of nitrogens with one attached hydrogen (secondary N) is 1. The van der Waals surface area contributed by atoms with E-state index in [2.05, 4.69) is 5.32 Å². The van der Waals surface area contributed by atoms with E-state index >= 15 is 0 Å². The smallest absolute Gasteiger partial charge is 0.311 e. The van der Waals surface area contributed by atoms with E-state index in [0.29, 0.717) is 13.0 Å². The van der Waals surface area contributed by atoms with Crippen molar-refractivity contribution in [1.82, 2.24) is 5.32 Å². The lowest BCUT2D eigenvalue weighted by atomic mass is 10.0. The second-order valence-corrected chi connectivity index (χ2v) is 6.39. The molecule has 1 atom stereocenters. The maximum Gasteiger partial charge on any atom is 0.311 e. The standard InChI is InChI=1S/C21H24FNO3/c1-14-4-5-18(12-15(14)2)13-20(24)26-16(3)21(25)23-11-10-17-6-8-19(22)9-7-17/h4-9,12,16H,10-11,13H2,1-3H3,(H,23,25)/t16-/m1/s1. The Hall–Kier alpha value is -2.69. The second-order valence-electron chi connectivity index (χ2n) is 6.39. The van der Waals surface area contributed by atoms with E-state index < -0.39 is 12.1 Å². The lowest BCUT2D eigenvalue weighted by Gasteiger charge is -2.14. The summed E-state index contributed by atoms with van der Waals surface area (Å²) in [5.41, 5.74) is 4.06. The van der Waals surface area contributed by atoms with Crippen molar-refractivity contribution < 1.29 is 18.7 Å². The van der Waals surface area contributed by atoms with E-state index in [1.165, 1.54) is 12.1 Å². The third-order valence-corrected chi connectivity index (χ3v) is 4.22. The molecule has 0 spiro atoms. The first-order valence-corrected chi connectivity index (χ1v) is 8.63. The minimum absolute atomic E-state index is 0.133. The average molecular weight is 357 g/mol. The number of benzene rings is 2. The predicted octanol–water partition coefficient (Wildman–Crippen LogP) is 3.28. The Labute approximate surface area is 153 Å². The molecule has 0 saturated heterocycles. The molecular weight excluding hydrogens is 333 g/mol. The Bertz CT molecular complexity index is 771. The van der Waals surface area contributed by atoms with Gasteiger partial charge in [-0.25, -0.2) is 4.39 Å². The van der Waals surface area contributed by atoms with Gasteiger partial charge < -0.3 is 10.1 Å². The highest BCUT2D eigenvalue weighted by atomic mass is 19.1. The van der Waals surface area contributed by atoms with Crippen LogP contribution in [-0.4, -0.2) is 24.5 Å². The van der Waals surface area contributed by atoms with Crippen molar-refractivity contribution >= 4 is 11.9 Å².